The molecule has 94 valence electrons. The smallest absolute Gasteiger partial charge is 0.348 e. The van der Waals surface area contributed by atoms with Crippen molar-refractivity contribution >= 4 is 22.4 Å². The maximum Gasteiger partial charge on any atom is 0.348 e. The van der Waals surface area contributed by atoms with Gasteiger partial charge in [-0.1, -0.05) is 17.4 Å². The molecule has 0 aliphatic rings. The Balaban J connectivity index is 2.69. The Labute approximate surface area is 109 Å². The van der Waals surface area contributed by atoms with Crippen LogP contribution in [0.4, 0.5) is 5.13 Å². The van der Waals surface area contributed by atoms with E-state index in [2.05, 4.69) is 4.98 Å². The van der Waals surface area contributed by atoms with Gasteiger partial charge in [0.1, 0.15) is 4.88 Å². The van der Waals surface area contributed by atoms with Gasteiger partial charge in [0.05, 0.1) is 5.69 Å². The molecule has 2 rings (SSSR count). The molecule has 0 saturated carbocycles. The van der Waals surface area contributed by atoms with Crippen LogP contribution in [0.2, 0.25) is 0 Å². The number of nitrogen functional groups attached to an aromatic ring is 1. The Morgan fingerprint density at radius 2 is 1.83 bits per heavy atom. The summed E-state index contributed by atoms with van der Waals surface area (Å²) in [7, 11) is 0. The number of benzene rings is 1. The number of nitrogens with two attached hydrogens (primary N) is 1. The van der Waals surface area contributed by atoms with Crippen molar-refractivity contribution in [3.63, 3.8) is 0 Å². The molecule has 5 heteroatoms. The summed E-state index contributed by atoms with van der Waals surface area (Å²) in [6.45, 7) is 5.97. The van der Waals surface area contributed by atoms with Crippen LogP contribution in [0.15, 0.2) is 12.1 Å². The number of hydrogen-bond donors (Lipinski definition) is 2. The molecule has 0 aliphatic carbocycles. The molecule has 4 nitrogen and oxygen atoms in total. The summed E-state index contributed by atoms with van der Waals surface area (Å²) in [6, 6.07) is 4.00. The second kappa shape index (κ2) is 4.42. The largest absolute Gasteiger partial charge is 0.477 e. The summed E-state index contributed by atoms with van der Waals surface area (Å²) >= 11 is 1.00. The van der Waals surface area contributed by atoms with Crippen LogP contribution < -0.4 is 5.73 Å². The van der Waals surface area contributed by atoms with Crippen LogP contribution in [0.5, 0.6) is 0 Å². The number of aromatic carboxylic acids is 1. The third-order valence-electron chi connectivity index (χ3n) is 2.93. The summed E-state index contributed by atoms with van der Waals surface area (Å²) in [6.07, 6.45) is 0. The molecule has 0 bridgehead atoms. The zero-order valence-corrected chi connectivity index (χ0v) is 11.3. The quantitative estimate of drug-likeness (QED) is 0.872. The van der Waals surface area contributed by atoms with Crippen LogP contribution in [0.1, 0.15) is 26.4 Å². The lowest BCUT2D eigenvalue weighted by molar-refractivity contribution is 0.0702. The van der Waals surface area contributed by atoms with E-state index < -0.39 is 5.97 Å². The van der Waals surface area contributed by atoms with Crippen LogP contribution in [0, 0.1) is 20.8 Å². The van der Waals surface area contributed by atoms with Crippen molar-refractivity contribution in [1.82, 2.24) is 4.98 Å². The molecule has 1 heterocycles. The van der Waals surface area contributed by atoms with E-state index in [9.17, 15) is 4.79 Å². The van der Waals surface area contributed by atoms with Gasteiger partial charge in [-0.2, -0.15) is 0 Å². The maximum absolute atomic E-state index is 11.2. The molecule has 18 heavy (non-hydrogen) atoms. The van der Waals surface area contributed by atoms with Gasteiger partial charge in [0.15, 0.2) is 5.13 Å². The Kier molecular flexibility index (Phi) is 3.09. The first-order valence-electron chi connectivity index (χ1n) is 5.48. The van der Waals surface area contributed by atoms with E-state index in [-0.39, 0.29) is 10.0 Å². The number of nitrogens with zero attached hydrogens (tertiary/aromatic N) is 1. The van der Waals surface area contributed by atoms with Crippen molar-refractivity contribution in [2.24, 2.45) is 0 Å². The number of anilines is 1. The number of hydrogen-bond acceptors (Lipinski definition) is 4. The fraction of sp³-hybridized carbons (Fsp3) is 0.231. The molecule has 0 fully saturated rings. The molecule has 0 atom stereocenters. The Hall–Kier alpha value is -1.88. The average molecular weight is 262 g/mol. The second-order valence-electron chi connectivity index (χ2n) is 4.29. The number of carboxylic acid groups (broad SMARTS) is 1. The van der Waals surface area contributed by atoms with E-state index in [0.29, 0.717) is 5.69 Å². The summed E-state index contributed by atoms with van der Waals surface area (Å²) in [5, 5.41) is 9.45. The Bertz CT molecular complexity index is 632. The highest BCUT2D eigenvalue weighted by Crippen LogP contribution is 2.33. The third-order valence-corrected chi connectivity index (χ3v) is 3.81. The van der Waals surface area contributed by atoms with Crippen LogP contribution in [-0.2, 0) is 0 Å². The number of thiazole rings is 1. The third kappa shape index (κ3) is 2.09. The van der Waals surface area contributed by atoms with Gasteiger partial charge in [-0.15, -0.1) is 0 Å². The monoisotopic (exact) mass is 262 g/mol. The van der Waals surface area contributed by atoms with Gasteiger partial charge < -0.3 is 10.8 Å². The topological polar surface area (TPSA) is 76.2 Å². The predicted molar refractivity (Wildman–Crippen MR) is 73.1 cm³/mol. The van der Waals surface area contributed by atoms with Crippen molar-refractivity contribution < 1.29 is 9.90 Å². The SMILES string of the molecule is Cc1cc(C)c(-c2nc(N)sc2C(=O)O)cc1C. The predicted octanol–water partition coefficient (Wildman–Crippen LogP) is 3.02. The summed E-state index contributed by atoms with van der Waals surface area (Å²) in [4.78, 5) is 15.5. The fourth-order valence-corrected chi connectivity index (χ4v) is 2.57. The summed E-state index contributed by atoms with van der Waals surface area (Å²) in [5.41, 5.74) is 10.2. The fourth-order valence-electron chi connectivity index (χ4n) is 1.88. The maximum atomic E-state index is 11.2. The molecule has 0 saturated heterocycles. The molecule has 1 aromatic carbocycles. The van der Waals surface area contributed by atoms with E-state index in [1.54, 1.807) is 0 Å². The highest BCUT2D eigenvalue weighted by molar-refractivity contribution is 7.17. The first-order valence-corrected chi connectivity index (χ1v) is 6.29. The first kappa shape index (κ1) is 12.6. The van der Waals surface area contributed by atoms with Gasteiger partial charge in [0.2, 0.25) is 0 Å². The van der Waals surface area contributed by atoms with Gasteiger partial charge in [-0.25, -0.2) is 9.78 Å². The van der Waals surface area contributed by atoms with E-state index >= 15 is 0 Å². The number of carboxylic acids is 1. The molecule has 1 aromatic heterocycles. The standard InChI is InChI=1S/C13H14N2O2S/c1-6-4-8(3)9(5-7(6)2)10-11(12(16)17)18-13(14)15-10/h4-5H,1-3H3,(H2,14,15)(H,16,17). The second-order valence-corrected chi connectivity index (χ2v) is 5.32. The van der Waals surface area contributed by atoms with E-state index in [0.717, 1.165) is 28.0 Å². The van der Waals surface area contributed by atoms with Crippen LogP contribution in [-0.4, -0.2) is 16.1 Å². The van der Waals surface area contributed by atoms with Gasteiger partial charge in [-0.05, 0) is 43.5 Å². The van der Waals surface area contributed by atoms with E-state index in [4.69, 9.17) is 10.8 Å². The number of aromatic nitrogens is 1. The molecule has 0 radical (unpaired) electrons. The summed E-state index contributed by atoms with van der Waals surface area (Å²) in [5.74, 6) is -0.989. The van der Waals surface area contributed by atoms with Gasteiger partial charge >= 0.3 is 5.97 Å². The molecule has 0 amide bonds. The zero-order valence-electron chi connectivity index (χ0n) is 10.4. The van der Waals surface area contributed by atoms with Gasteiger partial charge in [0, 0.05) is 5.56 Å². The molecule has 3 N–H and O–H groups in total. The molecular weight excluding hydrogens is 248 g/mol. The van der Waals surface area contributed by atoms with E-state index in [1.807, 2.05) is 32.9 Å². The van der Waals surface area contributed by atoms with E-state index in [1.165, 1.54) is 5.56 Å². The number of carbonyl (C=O) groups is 1. The van der Waals surface area contributed by atoms with Crippen LogP contribution in [0.3, 0.4) is 0 Å². The lowest BCUT2D eigenvalue weighted by Gasteiger charge is -2.08. The van der Waals surface area contributed by atoms with Crippen molar-refractivity contribution in [1.29, 1.82) is 0 Å². The van der Waals surface area contributed by atoms with Crippen LogP contribution >= 0.6 is 11.3 Å². The average Bonchev–Trinajstić information content (AvgIpc) is 2.65. The number of rotatable bonds is 2. The lowest BCUT2D eigenvalue weighted by Crippen LogP contribution is -1.97. The van der Waals surface area contributed by atoms with Crippen molar-refractivity contribution in [3.05, 3.63) is 33.7 Å². The minimum Gasteiger partial charge on any atom is -0.477 e. The van der Waals surface area contributed by atoms with Gasteiger partial charge in [-0.3, -0.25) is 0 Å². The minimum absolute atomic E-state index is 0.193. The zero-order chi connectivity index (χ0) is 13.4. The molecule has 2 aromatic rings. The lowest BCUT2D eigenvalue weighted by atomic mass is 9.98. The minimum atomic E-state index is -0.989. The van der Waals surface area contributed by atoms with Crippen molar-refractivity contribution in [2.75, 3.05) is 5.73 Å². The first-order chi connectivity index (χ1) is 8.40. The highest BCUT2D eigenvalue weighted by Gasteiger charge is 2.19. The van der Waals surface area contributed by atoms with Crippen LogP contribution in [0.25, 0.3) is 11.3 Å². The molecule has 0 spiro atoms. The molecule has 0 unspecified atom stereocenters. The van der Waals surface area contributed by atoms with Gasteiger partial charge in [0.25, 0.3) is 0 Å². The normalized spacial score (nSPS) is 10.6. The van der Waals surface area contributed by atoms with Crippen molar-refractivity contribution in [3.8, 4) is 11.3 Å². The van der Waals surface area contributed by atoms with Crippen molar-refractivity contribution in [2.45, 2.75) is 20.8 Å². The molecule has 0 aliphatic heterocycles. The highest BCUT2D eigenvalue weighted by atomic mass is 32.1. The number of aryl methyl sites for hydroxylation is 3. The Morgan fingerprint density at radius 3 is 2.44 bits per heavy atom. The Morgan fingerprint density at radius 1 is 1.22 bits per heavy atom. The molecular formula is C13H14N2O2S. The summed E-state index contributed by atoms with van der Waals surface area (Å²) < 4.78 is 0.